The third-order valence-corrected chi connectivity index (χ3v) is 7.19. The van der Waals surface area contributed by atoms with E-state index in [0.29, 0.717) is 0 Å². The maximum atomic E-state index is 14.3. The zero-order valence-corrected chi connectivity index (χ0v) is 22.1. The maximum Gasteiger partial charge on any atom is 0.137 e. The number of fused-ring (bicyclic) bond motifs is 1. The number of benzene rings is 2. The van der Waals surface area contributed by atoms with Gasteiger partial charge in [0.1, 0.15) is 17.3 Å². The predicted molar refractivity (Wildman–Crippen MR) is 150 cm³/mol. The van der Waals surface area contributed by atoms with Crippen LogP contribution >= 0.6 is 12.4 Å². The molecule has 6 rings (SSSR count). The van der Waals surface area contributed by atoms with E-state index in [1.54, 1.807) is 4.68 Å². The van der Waals surface area contributed by atoms with E-state index in [9.17, 15) is 8.78 Å². The summed E-state index contributed by atoms with van der Waals surface area (Å²) in [5, 5.41) is 9.04. The number of anilines is 1. The lowest BCUT2D eigenvalue weighted by Gasteiger charge is -2.29. The van der Waals surface area contributed by atoms with Crippen molar-refractivity contribution < 1.29 is 8.78 Å². The fourth-order valence-electron chi connectivity index (χ4n) is 5.22. The zero-order chi connectivity index (χ0) is 25.5. The molecule has 196 valence electrons. The lowest BCUT2D eigenvalue weighted by molar-refractivity contribution is 0.562. The van der Waals surface area contributed by atoms with E-state index in [2.05, 4.69) is 55.6 Å². The Bertz CT molecular complexity index is 1590. The van der Waals surface area contributed by atoms with Crippen molar-refractivity contribution in [3.63, 3.8) is 0 Å². The second-order valence-corrected chi connectivity index (χ2v) is 9.55. The van der Waals surface area contributed by atoms with E-state index in [-0.39, 0.29) is 24.5 Å². The normalized spacial score (nSPS) is 13.6. The van der Waals surface area contributed by atoms with Gasteiger partial charge in [-0.3, -0.25) is 4.68 Å². The molecule has 1 saturated heterocycles. The van der Waals surface area contributed by atoms with Gasteiger partial charge in [-0.25, -0.2) is 13.8 Å². The van der Waals surface area contributed by atoms with Gasteiger partial charge in [-0.2, -0.15) is 5.10 Å². The molecule has 0 bridgehead atoms. The van der Waals surface area contributed by atoms with Crippen LogP contribution in [0.4, 0.5) is 14.5 Å². The van der Waals surface area contributed by atoms with E-state index >= 15 is 0 Å². The van der Waals surface area contributed by atoms with E-state index in [1.807, 2.05) is 26.2 Å². The molecule has 0 radical (unpaired) electrons. The highest BCUT2D eigenvalue weighted by Gasteiger charge is 2.19. The van der Waals surface area contributed by atoms with Crippen molar-refractivity contribution in [1.29, 1.82) is 0 Å². The molecule has 0 atom stereocenters. The zero-order valence-electron chi connectivity index (χ0n) is 21.3. The molecule has 0 unspecified atom stereocenters. The standard InChI is InChI=1S/C29H28F2N6.ClH/c1-18-28(19(2)37(35-18)17-22-13-23(30)5-8-27(22)31)26-16-34-29-25(26)14-21(15-33-29)20-3-6-24(7-4-20)36-11-9-32-10-12-36;/h3-8,13-16,32H,9-12,17H2,1-2H3,(H,33,34);1H. The van der Waals surface area contributed by atoms with Crippen molar-refractivity contribution in [1.82, 2.24) is 25.1 Å². The van der Waals surface area contributed by atoms with E-state index in [1.165, 1.54) is 11.8 Å². The Morgan fingerprint density at radius 1 is 0.947 bits per heavy atom. The molecule has 38 heavy (non-hydrogen) atoms. The number of aromatic amines is 1. The Labute approximate surface area is 226 Å². The minimum atomic E-state index is -0.464. The molecular weight excluding hydrogens is 506 g/mol. The van der Waals surface area contributed by atoms with Crippen LogP contribution in [0.2, 0.25) is 0 Å². The molecule has 0 spiro atoms. The van der Waals surface area contributed by atoms with Crippen molar-refractivity contribution in [3.05, 3.63) is 89.5 Å². The quantitative estimate of drug-likeness (QED) is 0.296. The average molecular weight is 535 g/mol. The number of rotatable bonds is 5. The summed E-state index contributed by atoms with van der Waals surface area (Å²) in [6.07, 6.45) is 3.83. The fraction of sp³-hybridized carbons (Fsp3) is 0.241. The molecular formula is C29H29ClF2N6. The van der Waals surface area contributed by atoms with Crippen LogP contribution in [0.15, 0.2) is 60.9 Å². The molecule has 9 heteroatoms. The predicted octanol–water partition coefficient (Wildman–Crippen LogP) is 5.87. The molecule has 2 N–H and O–H groups in total. The van der Waals surface area contributed by atoms with Gasteiger partial charge < -0.3 is 15.2 Å². The highest BCUT2D eigenvalue weighted by molar-refractivity contribution is 5.97. The van der Waals surface area contributed by atoms with E-state index in [0.717, 1.165) is 83.0 Å². The number of halogens is 3. The van der Waals surface area contributed by atoms with Crippen molar-refractivity contribution >= 4 is 29.1 Å². The second kappa shape index (κ2) is 10.6. The lowest BCUT2D eigenvalue weighted by Crippen LogP contribution is -2.43. The van der Waals surface area contributed by atoms with Gasteiger partial charge in [0.2, 0.25) is 0 Å². The van der Waals surface area contributed by atoms with E-state index < -0.39 is 11.6 Å². The molecule has 5 aromatic rings. The number of aryl methyl sites for hydroxylation is 1. The molecule has 0 saturated carbocycles. The van der Waals surface area contributed by atoms with Crippen LogP contribution in [-0.4, -0.2) is 45.9 Å². The number of piperazine rings is 1. The average Bonchev–Trinajstić information content (AvgIpc) is 3.45. The Hall–Kier alpha value is -3.75. The number of H-pyrrole nitrogens is 1. The van der Waals surface area contributed by atoms with Gasteiger partial charge in [0.25, 0.3) is 0 Å². The minimum absolute atomic E-state index is 0. The summed E-state index contributed by atoms with van der Waals surface area (Å²) in [6.45, 7) is 8.08. The number of nitrogens with one attached hydrogen (secondary N) is 2. The largest absolute Gasteiger partial charge is 0.369 e. The van der Waals surface area contributed by atoms with Gasteiger partial charge in [-0.1, -0.05) is 12.1 Å². The van der Waals surface area contributed by atoms with Gasteiger partial charge in [0.05, 0.1) is 12.2 Å². The van der Waals surface area contributed by atoms with Gasteiger partial charge in [-0.15, -0.1) is 12.4 Å². The number of hydrogen-bond acceptors (Lipinski definition) is 4. The number of pyridine rings is 1. The Balaban J connectivity index is 0.00000294. The summed E-state index contributed by atoms with van der Waals surface area (Å²) in [7, 11) is 0. The highest BCUT2D eigenvalue weighted by Crippen LogP contribution is 2.35. The van der Waals surface area contributed by atoms with E-state index in [4.69, 9.17) is 0 Å². The number of nitrogens with zero attached hydrogens (tertiary/aromatic N) is 4. The first-order chi connectivity index (χ1) is 18.0. The van der Waals surface area contributed by atoms with Crippen LogP contribution in [0.3, 0.4) is 0 Å². The third kappa shape index (κ3) is 4.77. The number of aromatic nitrogens is 4. The van der Waals surface area contributed by atoms with Crippen molar-refractivity contribution in [3.8, 4) is 22.3 Å². The molecule has 0 aliphatic carbocycles. The van der Waals surface area contributed by atoms with Crippen LogP contribution in [-0.2, 0) is 6.54 Å². The topological polar surface area (TPSA) is 61.8 Å². The lowest BCUT2D eigenvalue weighted by atomic mass is 10.0. The molecule has 0 amide bonds. The third-order valence-electron chi connectivity index (χ3n) is 7.19. The first-order valence-electron chi connectivity index (χ1n) is 12.5. The van der Waals surface area contributed by atoms with Crippen LogP contribution in [0, 0.1) is 25.5 Å². The molecule has 1 aliphatic rings. The van der Waals surface area contributed by atoms with Crippen LogP contribution in [0.25, 0.3) is 33.3 Å². The summed E-state index contributed by atoms with van der Waals surface area (Å²) in [5.41, 5.74) is 8.08. The monoisotopic (exact) mass is 534 g/mol. The molecule has 1 aliphatic heterocycles. The van der Waals surface area contributed by atoms with Gasteiger partial charge in [0, 0.05) is 77.6 Å². The van der Waals surface area contributed by atoms with Gasteiger partial charge in [0.15, 0.2) is 0 Å². The summed E-state index contributed by atoms with van der Waals surface area (Å²) >= 11 is 0. The molecule has 6 nitrogen and oxygen atoms in total. The first-order valence-corrected chi connectivity index (χ1v) is 12.5. The summed E-state index contributed by atoms with van der Waals surface area (Å²) < 4.78 is 29.7. The van der Waals surface area contributed by atoms with Crippen LogP contribution < -0.4 is 10.2 Å². The summed E-state index contributed by atoms with van der Waals surface area (Å²) in [4.78, 5) is 10.3. The first kappa shape index (κ1) is 25.9. The summed E-state index contributed by atoms with van der Waals surface area (Å²) in [5.74, 6) is -0.909. The second-order valence-electron chi connectivity index (χ2n) is 9.55. The SMILES string of the molecule is Cc1nn(Cc2cc(F)ccc2F)c(C)c1-c1c[nH]c2ncc(-c3ccc(N4CCNCC4)cc3)cc12.Cl. The molecule has 2 aromatic carbocycles. The Morgan fingerprint density at radius 3 is 2.47 bits per heavy atom. The van der Waals surface area contributed by atoms with Crippen molar-refractivity contribution in [2.24, 2.45) is 0 Å². The highest BCUT2D eigenvalue weighted by atomic mass is 35.5. The minimum Gasteiger partial charge on any atom is -0.369 e. The van der Waals surface area contributed by atoms with Crippen LogP contribution in [0.1, 0.15) is 17.0 Å². The number of hydrogen-bond donors (Lipinski definition) is 2. The van der Waals surface area contributed by atoms with Gasteiger partial charge >= 0.3 is 0 Å². The van der Waals surface area contributed by atoms with Crippen LogP contribution in [0.5, 0.6) is 0 Å². The maximum absolute atomic E-state index is 14.3. The van der Waals surface area contributed by atoms with Crippen molar-refractivity contribution in [2.45, 2.75) is 20.4 Å². The van der Waals surface area contributed by atoms with Crippen molar-refractivity contribution in [2.75, 3.05) is 31.1 Å². The van der Waals surface area contributed by atoms with Gasteiger partial charge in [-0.05, 0) is 55.8 Å². The Morgan fingerprint density at radius 2 is 1.71 bits per heavy atom. The molecule has 3 aromatic heterocycles. The molecule has 1 fully saturated rings. The summed E-state index contributed by atoms with van der Waals surface area (Å²) in [6, 6.07) is 14.3. The molecule has 4 heterocycles. The Kier molecular flexibility index (Phi) is 7.19. The smallest absolute Gasteiger partial charge is 0.137 e. The fourth-order valence-corrected chi connectivity index (χ4v) is 5.22.